The average molecular weight is 431 g/mol. The van der Waals surface area contributed by atoms with Crippen LogP contribution >= 0.6 is 0 Å². The maximum Gasteiger partial charge on any atom is 0.264 e. The van der Waals surface area contributed by atoms with Crippen molar-refractivity contribution in [2.24, 2.45) is 0 Å². The first-order valence-corrected chi connectivity index (χ1v) is 10.2. The molecular formula is C25H21NO6. The minimum atomic E-state index is -1.95. The molecular weight excluding hydrogens is 410 g/mol. The lowest BCUT2D eigenvalue weighted by Gasteiger charge is -2.23. The second-order valence-corrected chi connectivity index (χ2v) is 7.79. The lowest BCUT2D eigenvalue weighted by Crippen LogP contribution is -2.41. The van der Waals surface area contributed by atoms with Crippen LogP contribution < -0.4 is 19.1 Å². The molecule has 7 heteroatoms. The van der Waals surface area contributed by atoms with E-state index in [1.54, 1.807) is 54.6 Å². The molecule has 0 aromatic heterocycles. The minimum absolute atomic E-state index is 0.163. The Balaban J connectivity index is 1.46. The number of rotatable bonds is 6. The summed E-state index contributed by atoms with van der Waals surface area (Å²) in [6.07, 6.45) is -0.367. The number of carbonyl (C=O) groups is 2. The van der Waals surface area contributed by atoms with Crippen molar-refractivity contribution < 1.29 is 28.9 Å². The second-order valence-electron chi connectivity index (χ2n) is 7.79. The second kappa shape index (κ2) is 7.69. The molecule has 2 heterocycles. The van der Waals surface area contributed by atoms with Gasteiger partial charge in [-0.15, -0.1) is 0 Å². The number of aliphatic hydroxyl groups is 1. The van der Waals surface area contributed by atoms with Crippen LogP contribution in [0.3, 0.4) is 0 Å². The highest BCUT2D eigenvalue weighted by atomic mass is 16.7. The maximum atomic E-state index is 13.5. The van der Waals surface area contributed by atoms with E-state index in [4.69, 9.17) is 14.2 Å². The molecule has 1 amide bonds. The van der Waals surface area contributed by atoms with Gasteiger partial charge in [-0.2, -0.15) is 0 Å². The van der Waals surface area contributed by atoms with Crippen LogP contribution in [0.1, 0.15) is 27.9 Å². The fraction of sp³-hybridized carbons (Fsp3) is 0.200. The normalized spacial score (nSPS) is 18.6. The van der Waals surface area contributed by atoms with Gasteiger partial charge in [-0.3, -0.25) is 9.59 Å². The van der Waals surface area contributed by atoms with Gasteiger partial charge in [-0.1, -0.05) is 36.4 Å². The van der Waals surface area contributed by atoms with E-state index >= 15 is 0 Å². The van der Waals surface area contributed by atoms with Gasteiger partial charge in [-0.25, -0.2) is 0 Å². The first-order valence-electron chi connectivity index (χ1n) is 10.2. The quantitative estimate of drug-likeness (QED) is 0.602. The number of amides is 1. The van der Waals surface area contributed by atoms with Crippen LogP contribution in [-0.2, 0) is 16.9 Å². The van der Waals surface area contributed by atoms with Crippen LogP contribution in [-0.4, -0.2) is 30.7 Å². The minimum Gasteiger partial charge on any atom is -0.497 e. The van der Waals surface area contributed by atoms with E-state index in [-0.39, 0.29) is 25.5 Å². The van der Waals surface area contributed by atoms with E-state index in [1.807, 2.05) is 12.1 Å². The maximum absolute atomic E-state index is 13.5. The Bertz CT molecular complexity index is 1220. The highest BCUT2D eigenvalue weighted by molar-refractivity contribution is 6.10. The molecule has 0 spiro atoms. The summed E-state index contributed by atoms with van der Waals surface area (Å²) >= 11 is 0. The Hall–Kier alpha value is -3.84. The summed E-state index contributed by atoms with van der Waals surface area (Å²) in [5, 5.41) is 11.5. The summed E-state index contributed by atoms with van der Waals surface area (Å²) in [5.74, 6) is 0.922. The Labute approximate surface area is 184 Å². The van der Waals surface area contributed by atoms with Gasteiger partial charge >= 0.3 is 0 Å². The predicted molar refractivity (Wildman–Crippen MR) is 116 cm³/mol. The van der Waals surface area contributed by atoms with E-state index in [0.717, 1.165) is 5.56 Å². The number of benzene rings is 3. The molecule has 0 unspecified atom stereocenters. The fourth-order valence-electron chi connectivity index (χ4n) is 4.19. The van der Waals surface area contributed by atoms with Crippen molar-refractivity contribution in [2.75, 3.05) is 18.8 Å². The number of ether oxygens (including phenoxy) is 3. The zero-order valence-electron chi connectivity index (χ0n) is 17.4. The van der Waals surface area contributed by atoms with E-state index in [0.29, 0.717) is 34.1 Å². The van der Waals surface area contributed by atoms with Crippen LogP contribution in [0.5, 0.6) is 17.2 Å². The van der Waals surface area contributed by atoms with E-state index in [9.17, 15) is 14.7 Å². The van der Waals surface area contributed by atoms with Gasteiger partial charge in [-0.05, 0) is 35.9 Å². The Morgan fingerprint density at radius 3 is 2.72 bits per heavy atom. The molecule has 0 bridgehead atoms. The largest absolute Gasteiger partial charge is 0.497 e. The van der Waals surface area contributed by atoms with Gasteiger partial charge in [0.2, 0.25) is 6.79 Å². The molecule has 7 nitrogen and oxygen atoms in total. The van der Waals surface area contributed by atoms with Crippen LogP contribution in [0.2, 0.25) is 0 Å². The monoisotopic (exact) mass is 431 g/mol. The van der Waals surface area contributed by atoms with Gasteiger partial charge in [0.25, 0.3) is 5.91 Å². The molecule has 3 aromatic rings. The van der Waals surface area contributed by atoms with E-state index < -0.39 is 11.5 Å². The summed E-state index contributed by atoms with van der Waals surface area (Å²) < 4.78 is 16.0. The topological polar surface area (TPSA) is 85.3 Å². The summed E-state index contributed by atoms with van der Waals surface area (Å²) in [6, 6.07) is 19.1. The molecule has 0 fully saturated rings. The lowest BCUT2D eigenvalue weighted by molar-refractivity contribution is -0.136. The number of nitrogens with zero attached hydrogens (tertiary/aromatic N) is 1. The van der Waals surface area contributed by atoms with Crippen LogP contribution in [0.15, 0.2) is 66.7 Å². The standard InChI is InChI=1S/C25H21NO6/c1-30-18-6-4-5-17(12-18)21(27)13-25(29)19-7-2-3-8-20(19)26(24(25)28)14-16-9-10-22-23(11-16)32-15-31-22/h2-12,29H,13-15H2,1H3/t25-/m1/s1. The zero-order valence-corrected chi connectivity index (χ0v) is 17.4. The number of hydrogen-bond donors (Lipinski definition) is 1. The highest BCUT2D eigenvalue weighted by Crippen LogP contribution is 2.44. The number of hydrogen-bond acceptors (Lipinski definition) is 6. The summed E-state index contributed by atoms with van der Waals surface area (Å²) in [5.41, 5.74) is 0.240. The van der Waals surface area contributed by atoms with E-state index in [1.165, 1.54) is 12.0 Å². The average Bonchev–Trinajstić information content (AvgIpc) is 3.36. The van der Waals surface area contributed by atoms with Crippen LogP contribution in [0.25, 0.3) is 0 Å². The third-order valence-electron chi connectivity index (χ3n) is 5.83. The number of Topliss-reactive ketones (excluding diaryl/α,β-unsaturated/α-hetero) is 1. The number of carbonyl (C=O) groups excluding carboxylic acids is 2. The van der Waals surface area contributed by atoms with Crippen molar-refractivity contribution in [1.82, 2.24) is 0 Å². The SMILES string of the molecule is COc1cccc(C(=O)C[C@]2(O)C(=O)N(Cc3ccc4c(c3)OCO4)c3ccccc32)c1. The molecule has 5 rings (SSSR count). The van der Waals surface area contributed by atoms with Crippen molar-refractivity contribution in [3.05, 3.63) is 83.4 Å². The zero-order chi connectivity index (χ0) is 22.3. The number of ketones is 1. The smallest absolute Gasteiger partial charge is 0.264 e. The molecule has 1 atom stereocenters. The molecule has 0 saturated heterocycles. The fourth-order valence-corrected chi connectivity index (χ4v) is 4.19. The molecule has 3 aromatic carbocycles. The van der Waals surface area contributed by atoms with Crippen molar-refractivity contribution in [3.63, 3.8) is 0 Å². The number of methoxy groups -OCH3 is 1. The summed E-state index contributed by atoms with van der Waals surface area (Å²) in [4.78, 5) is 28.0. The van der Waals surface area contributed by atoms with Crippen molar-refractivity contribution >= 4 is 17.4 Å². The van der Waals surface area contributed by atoms with Crippen molar-refractivity contribution in [2.45, 2.75) is 18.6 Å². The molecule has 0 saturated carbocycles. The van der Waals surface area contributed by atoms with Crippen LogP contribution in [0, 0.1) is 0 Å². The number of para-hydroxylation sites is 1. The Morgan fingerprint density at radius 2 is 1.88 bits per heavy atom. The molecule has 2 aliphatic heterocycles. The summed E-state index contributed by atoms with van der Waals surface area (Å²) in [7, 11) is 1.52. The first kappa shape index (κ1) is 20.1. The Kier molecular flexibility index (Phi) is 4.83. The predicted octanol–water partition coefficient (Wildman–Crippen LogP) is 3.43. The van der Waals surface area contributed by atoms with Gasteiger partial charge in [0, 0.05) is 11.1 Å². The molecule has 0 radical (unpaired) electrons. The van der Waals surface area contributed by atoms with Gasteiger partial charge in [0.05, 0.1) is 25.8 Å². The van der Waals surface area contributed by atoms with Crippen molar-refractivity contribution in [3.8, 4) is 17.2 Å². The lowest BCUT2D eigenvalue weighted by atomic mass is 9.88. The summed E-state index contributed by atoms with van der Waals surface area (Å²) in [6.45, 7) is 0.387. The van der Waals surface area contributed by atoms with Crippen LogP contribution in [0.4, 0.5) is 5.69 Å². The molecule has 162 valence electrons. The third-order valence-corrected chi connectivity index (χ3v) is 5.83. The number of fused-ring (bicyclic) bond motifs is 2. The van der Waals surface area contributed by atoms with Crippen molar-refractivity contribution in [1.29, 1.82) is 0 Å². The molecule has 1 N–H and O–H groups in total. The highest BCUT2D eigenvalue weighted by Gasteiger charge is 2.50. The van der Waals surface area contributed by atoms with E-state index in [2.05, 4.69) is 0 Å². The molecule has 0 aliphatic carbocycles. The third kappa shape index (κ3) is 3.27. The molecule has 32 heavy (non-hydrogen) atoms. The van der Waals surface area contributed by atoms with Gasteiger partial charge < -0.3 is 24.2 Å². The van der Waals surface area contributed by atoms with Gasteiger partial charge in [0.1, 0.15) is 5.75 Å². The Morgan fingerprint density at radius 1 is 1.06 bits per heavy atom. The first-order chi connectivity index (χ1) is 15.5. The van der Waals surface area contributed by atoms with Gasteiger partial charge in [0.15, 0.2) is 22.9 Å². The number of anilines is 1. The molecule has 2 aliphatic rings.